The molecule has 0 fully saturated rings. The van der Waals surface area contributed by atoms with Gasteiger partial charge in [-0.25, -0.2) is 0 Å². The van der Waals surface area contributed by atoms with Crippen molar-refractivity contribution in [2.45, 2.75) is 13.2 Å². The Balaban J connectivity index is 1.92. The second-order valence-electron chi connectivity index (χ2n) is 4.15. The number of carbonyl (C=O) groups is 1. The lowest BCUT2D eigenvalue weighted by Gasteiger charge is -2.07. The number of amides is 1. The van der Waals surface area contributed by atoms with Gasteiger partial charge in [0, 0.05) is 18.8 Å². The van der Waals surface area contributed by atoms with Crippen LogP contribution in [-0.4, -0.2) is 17.5 Å². The van der Waals surface area contributed by atoms with E-state index in [0.29, 0.717) is 5.56 Å². The molecular weight excluding hydrogens is 282 g/mol. The van der Waals surface area contributed by atoms with Crippen molar-refractivity contribution in [3.05, 3.63) is 64.1 Å². The van der Waals surface area contributed by atoms with Gasteiger partial charge < -0.3 is 15.0 Å². The summed E-state index contributed by atoms with van der Waals surface area (Å²) in [6.45, 7) is -2.64. The molecule has 0 unspecified atom stereocenters. The van der Waals surface area contributed by atoms with E-state index < -0.39 is 6.61 Å². The molecule has 7 heteroatoms. The van der Waals surface area contributed by atoms with Crippen LogP contribution in [0.15, 0.2) is 47.4 Å². The number of ether oxygens (including phenoxy) is 1. The standard InChI is InChI=1S/C14H12F2N2O3/c15-14(16)21-11-4-1-9(2-5-11)7-18-13(20)10-3-6-12(19)17-8-10/h1-6,8,14H,7H2,(H,17,19)(H,18,20). The summed E-state index contributed by atoms with van der Waals surface area (Å²) in [4.78, 5) is 25.1. The van der Waals surface area contributed by atoms with Crippen LogP contribution in [0.5, 0.6) is 5.75 Å². The molecule has 5 nitrogen and oxygen atoms in total. The van der Waals surface area contributed by atoms with Crippen LogP contribution in [0, 0.1) is 0 Å². The molecule has 0 saturated carbocycles. The van der Waals surface area contributed by atoms with Crippen LogP contribution < -0.4 is 15.6 Å². The largest absolute Gasteiger partial charge is 0.435 e. The maximum atomic E-state index is 12.0. The molecule has 110 valence electrons. The van der Waals surface area contributed by atoms with Crippen molar-refractivity contribution in [1.82, 2.24) is 10.3 Å². The van der Waals surface area contributed by atoms with Crippen LogP contribution in [0.25, 0.3) is 0 Å². The van der Waals surface area contributed by atoms with Gasteiger partial charge in [-0.2, -0.15) is 8.78 Å². The highest BCUT2D eigenvalue weighted by atomic mass is 19.3. The van der Waals surface area contributed by atoms with Crippen LogP contribution in [0.3, 0.4) is 0 Å². The van der Waals surface area contributed by atoms with Crippen molar-refractivity contribution in [2.24, 2.45) is 0 Å². The van der Waals surface area contributed by atoms with Gasteiger partial charge in [0.2, 0.25) is 5.56 Å². The molecule has 0 bridgehead atoms. The van der Waals surface area contributed by atoms with E-state index in [1.807, 2.05) is 0 Å². The lowest BCUT2D eigenvalue weighted by atomic mass is 10.2. The van der Waals surface area contributed by atoms with E-state index in [1.165, 1.54) is 30.5 Å². The number of alkyl halides is 2. The second kappa shape index (κ2) is 6.65. The van der Waals surface area contributed by atoms with E-state index in [0.717, 1.165) is 5.56 Å². The Hall–Kier alpha value is -2.70. The summed E-state index contributed by atoms with van der Waals surface area (Å²) >= 11 is 0. The van der Waals surface area contributed by atoms with E-state index in [1.54, 1.807) is 12.1 Å². The van der Waals surface area contributed by atoms with Crippen molar-refractivity contribution in [1.29, 1.82) is 0 Å². The molecule has 1 aromatic carbocycles. The fourth-order valence-corrected chi connectivity index (χ4v) is 1.62. The summed E-state index contributed by atoms with van der Waals surface area (Å²) in [6.07, 6.45) is 1.32. The van der Waals surface area contributed by atoms with Crippen molar-refractivity contribution in [3.8, 4) is 5.75 Å². The molecule has 21 heavy (non-hydrogen) atoms. The molecule has 0 radical (unpaired) electrons. The maximum absolute atomic E-state index is 12.0. The Morgan fingerprint density at radius 1 is 1.19 bits per heavy atom. The highest BCUT2D eigenvalue weighted by molar-refractivity contribution is 5.93. The summed E-state index contributed by atoms with van der Waals surface area (Å²) in [5, 5.41) is 2.64. The minimum atomic E-state index is -2.87. The highest BCUT2D eigenvalue weighted by Crippen LogP contribution is 2.14. The normalized spacial score (nSPS) is 10.4. The number of aromatic amines is 1. The maximum Gasteiger partial charge on any atom is 0.387 e. The number of carbonyl (C=O) groups excluding carboxylic acids is 1. The second-order valence-corrected chi connectivity index (χ2v) is 4.15. The molecule has 2 N–H and O–H groups in total. The average Bonchev–Trinajstić information content (AvgIpc) is 2.46. The first kappa shape index (κ1) is 14.7. The fourth-order valence-electron chi connectivity index (χ4n) is 1.62. The summed E-state index contributed by atoms with van der Waals surface area (Å²) in [5.41, 5.74) is 0.766. The van der Waals surface area contributed by atoms with Crippen molar-refractivity contribution in [2.75, 3.05) is 0 Å². The molecule has 0 atom stereocenters. The number of benzene rings is 1. The molecule has 1 amide bonds. The van der Waals surface area contributed by atoms with Crippen LogP contribution in [0.1, 0.15) is 15.9 Å². The molecule has 0 saturated heterocycles. The summed E-state index contributed by atoms with van der Waals surface area (Å²) in [7, 11) is 0. The van der Waals surface area contributed by atoms with Gasteiger partial charge in [0.15, 0.2) is 0 Å². The molecule has 0 spiro atoms. The van der Waals surface area contributed by atoms with Gasteiger partial charge in [-0.05, 0) is 23.8 Å². The van der Waals surface area contributed by atoms with Gasteiger partial charge in [-0.15, -0.1) is 0 Å². The monoisotopic (exact) mass is 294 g/mol. The first-order valence-corrected chi connectivity index (χ1v) is 6.05. The number of H-pyrrole nitrogens is 1. The van der Waals surface area contributed by atoms with Crippen LogP contribution in [0.2, 0.25) is 0 Å². The number of hydrogen-bond donors (Lipinski definition) is 2. The molecule has 0 aliphatic rings. The van der Waals surface area contributed by atoms with Crippen molar-refractivity contribution in [3.63, 3.8) is 0 Å². The topological polar surface area (TPSA) is 71.2 Å². The average molecular weight is 294 g/mol. The van der Waals surface area contributed by atoms with E-state index in [-0.39, 0.29) is 23.8 Å². The van der Waals surface area contributed by atoms with Gasteiger partial charge in [-0.3, -0.25) is 9.59 Å². The third-order valence-electron chi connectivity index (χ3n) is 2.65. The molecule has 1 heterocycles. The van der Waals surface area contributed by atoms with Gasteiger partial charge in [0.25, 0.3) is 5.91 Å². The number of hydrogen-bond acceptors (Lipinski definition) is 3. The Morgan fingerprint density at radius 2 is 1.90 bits per heavy atom. The van der Waals surface area contributed by atoms with Gasteiger partial charge in [0.1, 0.15) is 5.75 Å². The highest BCUT2D eigenvalue weighted by Gasteiger charge is 2.06. The van der Waals surface area contributed by atoms with Crippen LogP contribution >= 0.6 is 0 Å². The minimum absolute atomic E-state index is 0.0562. The van der Waals surface area contributed by atoms with Crippen LogP contribution in [0.4, 0.5) is 8.78 Å². The lowest BCUT2D eigenvalue weighted by Crippen LogP contribution is -2.23. The summed E-state index contributed by atoms with van der Waals surface area (Å²) in [5.74, 6) is -0.292. The molecule has 0 aliphatic carbocycles. The van der Waals surface area contributed by atoms with Gasteiger partial charge >= 0.3 is 6.61 Å². The van der Waals surface area contributed by atoms with Crippen molar-refractivity contribution >= 4 is 5.91 Å². The Labute approximate surface area is 118 Å². The number of rotatable bonds is 5. The minimum Gasteiger partial charge on any atom is -0.435 e. The van der Waals surface area contributed by atoms with E-state index >= 15 is 0 Å². The number of nitrogens with one attached hydrogen (secondary N) is 2. The number of aromatic nitrogens is 1. The molecule has 2 aromatic rings. The molecule has 1 aromatic heterocycles. The first-order valence-electron chi connectivity index (χ1n) is 6.05. The molecule has 2 rings (SSSR count). The summed E-state index contributed by atoms with van der Waals surface area (Å²) in [6, 6.07) is 8.61. The number of pyridine rings is 1. The molecule has 0 aliphatic heterocycles. The zero-order valence-corrected chi connectivity index (χ0v) is 10.8. The van der Waals surface area contributed by atoms with E-state index in [9.17, 15) is 18.4 Å². The quantitative estimate of drug-likeness (QED) is 0.885. The summed E-state index contributed by atoms with van der Waals surface area (Å²) < 4.78 is 28.2. The zero-order valence-electron chi connectivity index (χ0n) is 10.8. The lowest BCUT2D eigenvalue weighted by molar-refractivity contribution is -0.0498. The number of halogens is 2. The Morgan fingerprint density at radius 3 is 2.48 bits per heavy atom. The molecular formula is C14H12F2N2O3. The predicted octanol–water partition coefficient (Wildman–Crippen LogP) is 1.91. The first-order chi connectivity index (χ1) is 10.0. The third-order valence-corrected chi connectivity index (χ3v) is 2.65. The SMILES string of the molecule is O=C(NCc1ccc(OC(F)F)cc1)c1ccc(=O)[nH]c1. The van der Waals surface area contributed by atoms with Crippen molar-refractivity contribution < 1.29 is 18.3 Å². The zero-order chi connectivity index (χ0) is 15.2. The third kappa shape index (κ3) is 4.41. The fraction of sp³-hybridized carbons (Fsp3) is 0.143. The van der Waals surface area contributed by atoms with E-state index in [4.69, 9.17) is 0 Å². The van der Waals surface area contributed by atoms with Gasteiger partial charge in [-0.1, -0.05) is 12.1 Å². The smallest absolute Gasteiger partial charge is 0.387 e. The van der Waals surface area contributed by atoms with E-state index in [2.05, 4.69) is 15.0 Å². The Bertz CT molecular complexity index is 648. The van der Waals surface area contributed by atoms with Crippen LogP contribution in [-0.2, 0) is 6.54 Å². The Kier molecular flexibility index (Phi) is 4.65. The predicted molar refractivity (Wildman–Crippen MR) is 71.3 cm³/mol. The van der Waals surface area contributed by atoms with Gasteiger partial charge in [0.05, 0.1) is 5.56 Å².